The van der Waals surface area contributed by atoms with Gasteiger partial charge in [-0.1, -0.05) is 20.4 Å². The number of hydrogen-bond donors (Lipinski definition) is 1. The van der Waals surface area contributed by atoms with Crippen LogP contribution in [0.5, 0.6) is 0 Å². The summed E-state index contributed by atoms with van der Waals surface area (Å²) in [6.45, 7) is 0. The van der Waals surface area contributed by atoms with Gasteiger partial charge in [-0.2, -0.15) is 0 Å². The van der Waals surface area contributed by atoms with Crippen LogP contribution in [0, 0.1) is 5.82 Å². The van der Waals surface area contributed by atoms with Gasteiger partial charge in [0.15, 0.2) is 0 Å². The minimum atomic E-state index is -0.257. The maximum atomic E-state index is 13.1. The summed E-state index contributed by atoms with van der Waals surface area (Å²) in [4.78, 5) is 0.899. The molecule has 1 atom stereocenters. The van der Waals surface area contributed by atoms with E-state index in [4.69, 9.17) is 5.73 Å². The molecule has 0 fully saturated rings. The zero-order valence-electron chi connectivity index (χ0n) is 8.23. The molecule has 0 bridgehead atoms. The summed E-state index contributed by atoms with van der Waals surface area (Å²) in [6, 6.07) is 4.38. The molecule has 0 saturated carbocycles. The number of aromatic nitrogens is 2. The number of halogens is 2. The van der Waals surface area contributed by atoms with Gasteiger partial charge in [-0.3, -0.25) is 0 Å². The highest BCUT2D eigenvalue weighted by molar-refractivity contribution is 9.10. The third kappa shape index (κ3) is 2.63. The van der Waals surface area contributed by atoms with Crippen LogP contribution in [0.15, 0.2) is 28.9 Å². The smallest absolute Gasteiger partial charge is 0.123 e. The first-order valence-electron chi connectivity index (χ1n) is 4.63. The van der Waals surface area contributed by atoms with Gasteiger partial charge in [-0.25, -0.2) is 4.39 Å². The fourth-order valence-corrected chi connectivity index (χ4v) is 2.29. The molecular formula is C10H9BrFN3S. The normalized spacial score (nSPS) is 12.7. The van der Waals surface area contributed by atoms with Crippen LogP contribution in [0.4, 0.5) is 4.39 Å². The molecule has 0 radical (unpaired) electrons. The van der Waals surface area contributed by atoms with Gasteiger partial charge in [-0.15, -0.1) is 5.10 Å². The van der Waals surface area contributed by atoms with Crippen molar-refractivity contribution in [3.05, 3.63) is 45.1 Å². The highest BCUT2D eigenvalue weighted by Crippen LogP contribution is 2.24. The van der Waals surface area contributed by atoms with E-state index in [0.29, 0.717) is 6.42 Å². The average molecular weight is 302 g/mol. The van der Waals surface area contributed by atoms with E-state index in [0.717, 1.165) is 14.9 Å². The maximum absolute atomic E-state index is 13.1. The summed E-state index contributed by atoms with van der Waals surface area (Å²) >= 11 is 4.64. The molecule has 1 aromatic heterocycles. The second kappa shape index (κ2) is 4.99. The molecule has 6 heteroatoms. The summed E-state index contributed by atoms with van der Waals surface area (Å²) in [5, 5.41) is 3.73. The Morgan fingerprint density at radius 1 is 1.50 bits per heavy atom. The van der Waals surface area contributed by atoms with E-state index in [9.17, 15) is 4.39 Å². The van der Waals surface area contributed by atoms with Crippen molar-refractivity contribution in [1.29, 1.82) is 0 Å². The first-order valence-corrected chi connectivity index (χ1v) is 6.20. The van der Waals surface area contributed by atoms with Crippen LogP contribution < -0.4 is 5.73 Å². The molecule has 2 rings (SSSR count). The molecule has 2 aromatic rings. The predicted octanol–water partition coefficient (Wildman–Crippen LogP) is 2.68. The SMILES string of the molecule is NC(Cc1cc(F)ccc1Br)c1cnns1. The molecule has 0 spiro atoms. The van der Waals surface area contributed by atoms with Crippen molar-refractivity contribution in [2.75, 3.05) is 0 Å². The molecule has 1 aromatic carbocycles. The lowest BCUT2D eigenvalue weighted by molar-refractivity contribution is 0.621. The molecule has 0 aliphatic rings. The topological polar surface area (TPSA) is 51.8 Å². The van der Waals surface area contributed by atoms with Crippen molar-refractivity contribution in [3.8, 4) is 0 Å². The fourth-order valence-electron chi connectivity index (χ4n) is 1.38. The lowest BCUT2D eigenvalue weighted by Crippen LogP contribution is -2.12. The van der Waals surface area contributed by atoms with Crippen LogP contribution in [-0.2, 0) is 6.42 Å². The van der Waals surface area contributed by atoms with Gasteiger partial charge in [-0.05, 0) is 41.7 Å². The number of nitrogens with zero attached hydrogens (tertiary/aromatic N) is 2. The van der Waals surface area contributed by atoms with Crippen molar-refractivity contribution in [1.82, 2.24) is 9.59 Å². The first kappa shape index (κ1) is 11.6. The van der Waals surface area contributed by atoms with Crippen molar-refractivity contribution >= 4 is 27.5 Å². The lowest BCUT2D eigenvalue weighted by atomic mass is 10.1. The third-order valence-electron chi connectivity index (χ3n) is 2.19. The second-order valence-corrected chi connectivity index (χ2v) is 5.04. The van der Waals surface area contributed by atoms with Crippen LogP contribution in [-0.4, -0.2) is 9.59 Å². The largest absolute Gasteiger partial charge is 0.323 e. The summed E-state index contributed by atoms with van der Waals surface area (Å²) in [5.74, 6) is -0.257. The molecule has 1 heterocycles. The Labute approximate surface area is 105 Å². The van der Waals surface area contributed by atoms with Gasteiger partial charge in [0.2, 0.25) is 0 Å². The van der Waals surface area contributed by atoms with E-state index in [1.54, 1.807) is 12.3 Å². The molecule has 2 N–H and O–H groups in total. The minimum absolute atomic E-state index is 0.196. The zero-order chi connectivity index (χ0) is 11.5. The molecule has 84 valence electrons. The third-order valence-corrected chi connectivity index (χ3v) is 3.76. The van der Waals surface area contributed by atoms with E-state index in [1.807, 2.05) is 0 Å². The Kier molecular flexibility index (Phi) is 3.63. The lowest BCUT2D eigenvalue weighted by Gasteiger charge is -2.10. The van der Waals surface area contributed by atoms with Gasteiger partial charge in [0.05, 0.1) is 11.1 Å². The van der Waals surface area contributed by atoms with E-state index >= 15 is 0 Å². The highest BCUT2D eigenvalue weighted by atomic mass is 79.9. The van der Waals surface area contributed by atoms with E-state index < -0.39 is 0 Å². The average Bonchev–Trinajstić information content (AvgIpc) is 2.76. The van der Waals surface area contributed by atoms with E-state index in [2.05, 4.69) is 25.5 Å². The van der Waals surface area contributed by atoms with Gasteiger partial charge in [0.1, 0.15) is 5.82 Å². The standard InChI is InChI=1S/C10H9BrFN3S/c11-8-2-1-7(12)3-6(8)4-9(13)10-5-14-15-16-10/h1-3,5,9H,4,13H2. The van der Waals surface area contributed by atoms with Crippen LogP contribution in [0.2, 0.25) is 0 Å². The molecule has 0 aliphatic carbocycles. The van der Waals surface area contributed by atoms with Gasteiger partial charge in [0, 0.05) is 10.5 Å². The summed E-state index contributed by atoms with van der Waals surface area (Å²) in [6.07, 6.45) is 2.20. The Bertz CT molecular complexity index is 475. The fraction of sp³-hybridized carbons (Fsp3) is 0.200. The second-order valence-electron chi connectivity index (χ2n) is 3.37. The number of nitrogens with two attached hydrogens (primary N) is 1. The molecule has 0 aliphatic heterocycles. The zero-order valence-corrected chi connectivity index (χ0v) is 10.6. The van der Waals surface area contributed by atoms with Crippen molar-refractivity contribution in [3.63, 3.8) is 0 Å². The van der Waals surface area contributed by atoms with Crippen LogP contribution >= 0.6 is 27.5 Å². The molecule has 0 saturated heterocycles. The quantitative estimate of drug-likeness (QED) is 0.948. The predicted molar refractivity (Wildman–Crippen MR) is 64.6 cm³/mol. The monoisotopic (exact) mass is 301 g/mol. The van der Waals surface area contributed by atoms with Crippen molar-refractivity contribution in [2.45, 2.75) is 12.5 Å². The molecule has 3 nitrogen and oxygen atoms in total. The summed E-state index contributed by atoms with van der Waals surface area (Å²) < 4.78 is 17.7. The van der Waals surface area contributed by atoms with Crippen molar-refractivity contribution < 1.29 is 4.39 Å². The minimum Gasteiger partial charge on any atom is -0.323 e. The maximum Gasteiger partial charge on any atom is 0.123 e. The van der Waals surface area contributed by atoms with E-state index in [1.165, 1.54) is 23.7 Å². The van der Waals surface area contributed by atoms with Gasteiger partial charge < -0.3 is 5.73 Å². The molecular weight excluding hydrogens is 293 g/mol. The Hall–Kier alpha value is -0.850. The number of hydrogen-bond acceptors (Lipinski definition) is 4. The number of rotatable bonds is 3. The van der Waals surface area contributed by atoms with Crippen LogP contribution in [0.25, 0.3) is 0 Å². The first-order chi connectivity index (χ1) is 7.66. The molecule has 0 amide bonds. The Balaban J connectivity index is 2.17. The Morgan fingerprint density at radius 2 is 2.31 bits per heavy atom. The van der Waals surface area contributed by atoms with E-state index in [-0.39, 0.29) is 11.9 Å². The molecule has 1 unspecified atom stereocenters. The van der Waals surface area contributed by atoms with Crippen LogP contribution in [0.3, 0.4) is 0 Å². The molecule has 16 heavy (non-hydrogen) atoms. The van der Waals surface area contributed by atoms with Gasteiger partial charge >= 0.3 is 0 Å². The van der Waals surface area contributed by atoms with Gasteiger partial charge in [0.25, 0.3) is 0 Å². The number of benzene rings is 1. The summed E-state index contributed by atoms with van der Waals surface area (Å²) in [7, 11) is 0. The Morgan fingerprint density at radius 3 is 3.00 bits per heavy atom. The summed E-state index contributed by atoms with van der Waals surface area (Å²) in [5.41, 5.74) is 6.83. The van der Waals surface area contributed by atoms with Crippen molar-refractivity contribution in [2.24, 2.45) is 5.73 Å². The van der Waals surface area contributed by atoms with Crippen LogP contribution in [0.1, 0.15) is 16.5 Å². The highest BCUT2D eigenvalue weighted by Gasteiger charge is 2.12.